The Labute approximate surface area is 206 Å². The van der Waals surface area contributed by atoms with Crippen LogP contribution in [0.1, 0.15) is 57.4 Å². The van der Waals surface area contributed by atoms with E-state index in [4.69, 9.17) is 15.1 Å². The predicted molar refractivity (Wildman–Crippen MR) is 140 cm³/mol. The monoisotopic (exact) mass is 474 g/mol. The van der Waals surface area contributed by atoms with E-state index < -0.39 is 6.10 Å². The number of benzene rings is 2. The summed E-state index contributed by atoms with van der Waals surface area (Å²) in [5.41, 5.74) is 5.53. The fraction of sp³-hybridized carbons (Fsp3) is 0.370. The summed E-state index contributed by atoms with van der Waals surface area (Å²) in [6.45, 7) is 8.79. The van der Waals surface area contributed by atoms with E-state index >= 15 is 0 Å². The second-order valence-electron chi connectivity index (χ2n) is 9.14. The van der Waals surface area contributed by atoms with Crippen molar-refractivity contribution in [1.82, 2.24) is 19.5 Å². The molecule has 2 heterocycles. The number of aliphatic hydroxyl groups excluding tert-OH is 2. The molecule has 0 spiro atoms. The molecule has 0 fully saturated rings. The summed E-state index contributed by atoms with van der Waals surface area (Å²) in [6, 6.07) is 16.4. The highest BCUT2D eigenvalue weighted by molar-refractivity contribution is 5.84. The van der Waals surface area contributed by atoms with Crippen molar-refractivity contribution in [2.75, 3.05) is 17.2 Å². The average molecular weight is 475 g/mol. The number of aliphatic hydroxyl groups is 2. The van der Waals surface area contributed by atoms with E-state index in [0.717, 1.165) is 34.3 Å². The van der Waals surface area contributed by atoms with E-state index in [9.17, 15) is 5.11 Å². The van der Waals surface area contributed by atoms with Crippen molar-refractivity contribution in [2.45, 2.75) is 58.8 Å². The van der Waals surface area contributed by atoms with E-state index in [1.165, 1.54) is 0 Å². The molecule has 0 amide bonds. The summed E-state index contributed by atoms with van der Waals surface area (Å²) in [5.74, 6) is 1.31. The number of imidazole rings is 1. The van der Waals surface area contributed by atoms with Gasteiger partial charge in [0.15, 0.2) is 17.0 Å². The van der Waals surface area contributed by atoms with Crippen molar-refractivity contribution < 1.29 is 10.2 Å². The van der Waals surface area contributed by atoms with Gasteiger partial charge in [0.05, 0.1) is 12.9 Å². The minimum atomic E-state index is -0.849. The lowest BCUT2D eigenvalue weighted by Gasteiger charge is -2.15. The number of hydrogen-bond donors (Lipinski definition) is 4. The molecule has 4 N–H and O–H groups in total. The molecular weight excluding hydrogens is 440 g/mol. The second-order valence-corrected chi connectivity index (χ2v) is 9.14. The van der Waals surface area contributed by atoms with Gasteiger partial charge in [0.25, 0.3) is 0 Å². The smallest absolute Gasteiger partial charge is 0.226 e. The summed E-state index contributed by atoms with van der Waals surface area (Å²) >= 11 is 0. The molecule has 0 saturated heterocycles. The number of nitrogens with one attached hydrogen (secondary N) is 2. The number of nitrogens with zero attached hydrogens (tertiary/aromatic N) is 4. The lowest BCUT2D eigenvalue weighted by Crippen LogP contribution is -2.17. The van der Waals surface area contributed by atoms with Crippen LogP contribution in [0.2, 0.25) is 0 Å². The third-order valence-corrected chi connectivity index (χ3v) is 6.18. The molecule has 0 aliphatic heterocycles. The molecule has 4 rings (SSSR count). The first-order valence-electron chi connectivity index (χ1n) is 12.1. The molecule has 2 atom stereocenters. The summed E-state index contributed by atoms with van der Waals surface area (Å²) < 4.78 is 2.06. The minimum absolute atomic E-state index is 0.243. The van der Waals surface area contributed by atoms with Gasteiger partial charge in [-0.3, -0.25) is 0 Å². The maximum atomic E-state index is 9.77. The van der Waals surface area contributed by atoms with Gasteiger partial charge in [0.2, 0.25) is 5.95 Å². The Hall–Kier alpha value is -3.49. The standard InChI is InChI=1S/C27H34N6O2/c1-5-18(4)30-27-31-25(24-26(32-27)33(16-29-24)17(2)3)28-14-19-6-8-20(9-7-19)21-10-12-22(13-11-21)23(35)15-34/h6-13,16-18,23,34-35H,5,14-15H2,1-4H3,(H2,28,30,31,32). The van der Waals surface area contributed by atoms with Crippen molar-refractivity contribution in [3.8, 4) is 11.1 Å². The molecule has 2 unspecified atom stereocenters. The Morgan fingerprint density at radius 2 is 1.60 bits per heavy atom. The first-order chi connectivity index (χ1) is 16.9. The third kappa shape index (κ3) is 5.61. The number of anilines is 2. The Kier molecular flexibility index (Phi) is 7.63. The van der Waals surface area contributed by atoms with Crippen molar-refractivity contribution in [3.63, 3.8) is 0 Å². The van der Waals surface area contributed by atoms with E-state index in [-0.39, 0.29) is 18.7 Å². The van der Waals surface area contributed by atoms with Crippen LogP contribution in [0.4, 0.5) is 11.8 Å². The maximum Gasteiger partial charge on any atom is 0.226 e. The molecule has 184 valence electrons. The van der Waals surface area contributed by atoms with Gasteiger partial charge >= 0.3 is 0 Å². The van der Waals surface area contributed by atoms with Crippen molar-refractivity contribution in [3.05, 3.63) is 66.0 Å². The highest BCUT2D eigenvalue weighted by atomic mass is 16.3. The highest BCUT2D eigenvalue weighted by Crippen LogP contribution is 2.26. The summed E-state index contributed by atoms with van der Waals surface area (Å²) in [6.07, 6.45) is 1.95. The van der Waals surface area contributed by atoms with Crippen LogP contribution in [0.15, 0.2) is 54.9 Å². The van der Waals surface area contributed by atoms with Crippen LogP contribution in [0, 0.1) is 0 Å². The zero-order valence-electron chi connectivity index (χ0n) is 20.7. The molecular formula is C27H34N6O2. The van der Waals surface area contributed by atoms with Gasteiger partial charge in [0.1, 0.15) is 6.10 Å². The number of hydrogen-bond acceptors (Lipinski definition) is 7. The fourth-order valence-corrected chi connectivity index (χ4v) is 3.81. The van der Waals surface area contributed by atoms with Gasteiger partial charge in [-0.15, -0.1) is 0 Å². The highest BCUT2D eigenvalue weighted by Gasteiger charge is 2.16. The quantitative estimate of drug-likeness (QED) is 0.258. The number of rotatable bonds is 10. The molecule has 0 aliphatic rings. The lowest BCUT2D eigenvalue weighted by molar-refractivity contribution is 0.0956. The van der Waals surface area contributed by atoms with Crippen molar-refractivity contribution in [2.24, 2.45) is 0 Å². The SMILES string of the molecule is CCC(C)Nc1nc(NCc2ccc(-c3ccc(C(O)CO)cc3)cc2)c2ncn(C(C)C)c2n1. The zero-order valence-corrected chi connectivity index (χ0v) is 20.7. The van der Waals surface area contributed by atoms with Gasteiger partial charge < -0.3 is 25.4 Å². The first kappa shape index (κ1) is 24.6. The maximum absolute atomic E-state index is 9.77. The normalized spacial score (nSPS) is 13.2. The van der Waals surface area contributed by atoms with Gasteiger partial charge in [-0.25, -0.2) is 4.98 Å². The van der Waals surface area contributed by atoms with Crippen LogP contribution in [-0.4, -0.2) is 42.4 Å². The molecule has 8 heteroatoms. The molecule has 0 bridgehead atoms. The largest absolute Gasteiger partial charge is 0.393 e. The van der Waals surface area contributed by atoms with Crippen molar-refractivity contribution >= 4 is 22.9 Å². The third-order valence-electron chi connectivity index (χ3n) is 6.18. The van der Waals surface area contributed by atoms with Crippen LogP contribution in [0.25, 0.3) is 22.3 Å². The van der Waals surface area contributed by atoms with Crippen molar-refractivity contribution in [1.29, 1.82) is 0 Å². The molecule has 35 heavy (non-hydrogen) atoms. The average Bonchev–Trinajstić information content (AvgIpc) is 3.31. The molecule has 8 nitrogen and oxygen atoms in total. The summed E-state index contributed by atoms with van der Waals surface area (Å²) in [5, 5.41) is 25.7. The molecule has 0 radical (unpaired) electrons. The van der Waals surface area contributed by atoms with Crippen LogP contribution in [-0.2, 0) is 6.54 Å². The molecule has 0 aliphatic carbocycles. The zero-order chi connectivity index (χ0) is 24.9. The number of aromatic nitrogens is 4. The predicted octanol–water partition coefficient (Wildman–Crippen LogP) is 4.92. The van der Waals surface area contributed by atoms with Crippen LogP contribution >= 0.6 is 0 Å². The summed E-state index contributed by atoms with van der Waals surface area (Å²) in [4.78, 5) is 14.0. The van der Waals surface area contributed by atoms with E-state index in [1.54, 1.807) is 0 Å². The van der Waals surface area contributed by atoms with E-state index in [1.807, 2.05) is 30.6 Å². The summed E-state index contributed by atoms with van der Waals surface area (Å²) in [7, 11) is 0. The van der Waals surface area contributed by atoms with Gasteiger partial charge in [-0.2, -0.15) is 9.97 Å². The molecule has 2 aromatic carbocycles. The Balaban J connectivity index is 1.52. The van der Waals surface area contributed by atoms with Gasteiger partial charge in [-0.1, -0.05) is 55.5 Å². The van der Waals surface area contributed by atoms with Crippen LogP contribution in [0.5, 0.6) is 0 Å². The lowest BCUT2D eigenvalue weighted by atomic mass is 10.0. The van der Waals surface area contributed by atoms with Gasteiger partial charge in [0, 0.05) is 18.6 Å². The van der Waals surface area contributed by atoms with E-state index in [0.29, 0.717) is 23.9 Å². The first-order valence-corrected chi connectivity index (χ1v) is 12.1. The fourth-order valence-electron chi connectivity index (χ4n) is 3.81. The number of fused-ring (bicyclic) bond motifs is 1. The van der Waals surface area contributed by atoms with E-state index in [2.05, 4.69) is 72.1 Å². The Morgan fingerprint density at radius 1 is 0.943 bits per heavy atom. The Morgan fingerprint density at radius 3 is 2.20 bits per heavy atom. The second kappa shape index (κ2) is 10.8. The Bertz CT molecular complexity index is 1250. The van der Waals surface area contributed by atoms with Crippen LogP contribution in [0.3, 0.4) is 0 Å². The minimum Gasteiger partial charge on any atom is -0.393 e. The molecule has 0 saturated carbocycles. The topological polar surface area (TPSA) is 108 Å². The molecule has 4 aromatic rings. The van der Waals surface area contributed by atoms with Gasteiger partial charge in [-0.05, 0) is 49.4 Å². The van der Waals surface area contributed by atoms with Crippen LogP contribution < -0.4 is 10.6 Å². The molecule has 2 aromatic heterocycles.